The summed E-state index contributed by atoms with van der Waals surface area (Å²) in [7, 11) is -2.64. The van der Waals surface area contributed by atoms with E-state index in [1.54, 1.807) is 38.1 Å². The summed E-state index contributed by atoms with van der Waals surface area (Å²) in [6.45, 7) is 3.93. The number of nitrogens with zero attached hydrogens (tertiary/aromatic N) is 1. The molecule has 0 saturated carbocycles. The number of rotatable bonds is 6. The van der Waals surface area contributed by atoms with E-state index in [1.165, 1.54) is 29.6 Å². The molecule has 1 saturated heterocycles. The van der Waals surface area contributed by atoms with Gasteiger partial charge < -0.3 is 14.2 Å². The third kappa shape index (κ3) is 5.47. The average Bonchev–Trinajstić information content (AvgIpc) is 2.76. The van der Waals surface area contributed by atoms with Crippen molar-refractivity contribution in [1.29, 1.82) is 0 Å². The number of benzene rings is 2. The highest BCUT2D eigenvalue weighted by atomic mass is 35.5. The summed E-state index contributed by atoms with van der Waals surface area (Å²) in [6.07, 6.45) is -0.517. The lowest BCUT2D eigenvalue weighted by atomic mass is 10.1. The average molecular weight is 482 g/mol. The van der Waals surface area contributed by atoms with Gasteiger partial charge in [-0.3, -0.25) is 0 Å². The Morgan fingerprint density at radius 3 is 2.22 bits per heavy atom. The monoisotopic (exact) mass is 481 g/mol. The molecular formula is C22H24ClNO7S. The van der Waals surface area contributed by atoms with E-state index in [1.807, 2.05) is 0 Å². The maximum Gasteiger partial charge on any atom is 0.338 e. The van der Waals surface area contributed by atoms with Gasteiger partial charge in [-0.2, -0.15) is 4.31 Å². The highest BCUT2D eigenvalue weighted by molar-refractivity contribution is 7.89. The molecule has 3 rings (SSSR count). The molecule has 8 nitrogen and oxygen atoms in total. The van der Waals surface area contributed by atoms with E-state index in [0.29, 0.717) is 11.1 Å². The predicted octanol–water partition coefficient (Wildman–Crippen LogP) is 3.28. The molecule has 2 aromatic carbocycles. The van der Waals surface area contributed by atoms with Crippen LogP contribution in [-0.2, 0) is 30.8 Å². The molecule has 0 radical (unpaired) electrons. The molecule has 1 fully saturated rings. The standard InChI is InChI=1S/C22H24ClNO7S/c1-14-11-24(12-15(2)31-14)32(27,28)20-10-18(8-9-19(20)23)22(26)30-13-16-4-6-17(7-5-16)21(25)29-3/h4-10,14-15H,11-13H2,1-3H3. The maximum atomic E-state index is 13.2. The first kappa shape index (κ1) is 24.2. The first-order valence-electron chi connectivity index (χ1n) is 9.91. The zero-order valence-electron chi connectivity index (χ0n) is 17.9. The van der Waals surface area contributed by atoms with Crippen molar-refractivity contribution < 1.29 is 32.2 Å². The second-order valence-corrected chi connectivity index (χ2v) is 9.80. The van der Waals surface area contributed by atoms with E-state index in [4.69, 9.17) is 21.1 Å². The highest BCUT2D eigenvalue weighted by Gasteiger charge is 2.34. The first-order chi connectivity index (χ1) is 15.1. The van der Waals surface area contributed by atoms with Crippen LogP contribution in [0.25, 0.3) is 0 Å². The van der Waals surface area contributed by atoms with Gasteiger partial charge >= 0.3 is 11.9 Å². The van der Waals surface area contributed by atoms with E-state index >= 15 is 0 Å². The molecule has 0 N–H and O–H groups in total. The van der Waals surface area contributed by atoms with Crippen LogP contribution in [0.15, 0.2) is 47.4 Å². The molecule has 0 spiro atoms. The molecular weight excluding hydrogens is 458 g/mol. The molecule has 2 unspecified atom stereocenters. The maximum absolute atomic E-state index is 13.2. The second-order valence-electron chi connectivity index (χ2n) is 7.49. The normalized spacial score (nSPS) is 19.4. The van der Waals surface area contributed by atoms with E-state index in [0.717, 1.165) is 0 Å². The van der Waals surface area contributed by atoms with Gasteiger partial charge in [0.15, 0.2) is 0 Å². The predicted molar refractivity (Wildman–Crippen MR) is 117 cm³/mol. The number of sulfonamides is 1. The quantitative estimate of drug-likeness (QED) is 0.584. The van der Waals surface area contributed by atoms with Crippen molar-refractivity contribution in [3.63, 3.8) is 0 Å². The molecule has 0 bridgehead atoms. The first-order valence-corrected chi connectivity index (χ1v) is 11.7. The van der Waals surface area contributed by atoms with Gasteiger partial charge in [0.2, 0.25) is 10.0 Å². The van der Waals surface area contributed by atoms with Crippen molar-refractivity contribution in [2.45, 2.75) is 37.6 Å². The topological polar surface area (TPSA) is 99.2 Å². The Labute approximate surface area is 192 Å². The van der Waals surface area contributed by atoms with Gasteiger partial charge in [0, 0.05) is 13.1 Å². The van der Waals surface area contributed by atoms with Crippen molar-refractivity contribution in [3.05, 3.63) is 64.2 Å². The van der Waals surface area contributed by atoms with Crippen molar-refractivity contribution in [3.8, 4) is 0 Å². The van der Waals surface area contributed by atoms with Crippen LogP contribution in [0.2, 0.25) is 5.02 Å². The Hall–Kier alpha value is -2.46. The molecule has 0 aliphatic carbocycles. The van der Waals surface area contributed by atoms with Crippen LogP contribution in [0.3, 0.4) is 0 Å². The number of hydrogen-bond donors (Lipinski definition) is 0. The minimum Gasteiger partial charge on any atom is -0.465 e. The molecule has 10 heteroatoms. The molecule has 1 aliphatic heterocycles. The number of morpholine rings is 1. The Balaban J connectivity index is 1.74. The zero-order valence-corrected chi connectivity index (χ0v) is 19.5. The summed E-state index contributed by atoms with van der Waals surface area (Å²) in [5, 5.41) is 0.0201. The summed E-state index contributed by atoms with van der Waals surface area (Å²) in [5.41, 5.74) is 1.10. The van der Waals surface area contributed by atoms with Gasteiger partial charge in [0.05, 0.1) is 35.5 Å². The number of hydrogen-bond acceptors (Lipinski definition) is 7. The van der Waals surface area contributed by atoms with Crippen LogP contribution in [0.4, 0.5) is 0 Å². The molecule has 2 atom stereocenters. The Bertz CT molecular complexity index is 1090. The van der Waals surface area contributed by atoms with E-state index < -0.39 is 22.0 Å². The zero-order chi connectivity index (χ0) is 23.5. The highest BCUT2D eigenvalue weighted by Crippen LogP contribution is 2.28. The van der Waals surface area contributed by atoms with Gasteiger partial charge in [-0.1, -0.05) is 23.7 Å². The van der Waals surface area contributed by atoms with Crippen molar-refractivity contribution in [1.82, 2.24) is 4.31 Å². The lowest BCUT2D eigenvalue weighted by Crippen LogP contribution is -2.48. The number of carbonyl (C=O) groups excluding carboxylic acids is 2. The van der Waals surface area contributed by atoms with Crippen LogP contribution in [0.1, 0.15) is 40.1 Å². The summed E-state index contributed by atoms with van der Waals surface area (Å²) in [6, 6.07) is 10.4. The summed E-state index contributed by atoms with van der Waals surface area (Å²) >= 11 is 6.18. The third-order valence-corrected chi connectivity index (χ3v) is 7.23. The lowest BCUT2D eigenvalue weighted by Gasteiger charge is -2.34. The fourth-order valence-electron chi connectivity index (χ4n) is 3.38. The van der Waals surface area contributed by atoms with Gasteiger partial charge in [0.1, 0.15) is 11.5 Å². The molecule has 2 aromatic rings. The van der Waals surface area contributed by atoms with E-state index in [9.17, 15) is 18.0 Å². The Morgan fingerprint density at radius 2 is 1.62 bits per heavy atom. The minimum atomic E-state index is -3.93. The van der Waals surface area contributed by atoms with Crippen molar-refractivity contribution in [2.75, 3.05) is 20.2 Å². The van der Waals surface area contributed by atoms with Crippen molar-refractivity contribution >= 4 is 33.6 Å². The molecule has 1 aliphatic rings. The number of methoxy groups -OCH3 is 1. The number of carbonyl (C=O) groups is 2. The van der Waals surface area contributed by atoms with E-state index in [-0.39, 0.29) is 47.4 Å². The number of ether oxygens (including phenoxy) is 3. The van der Waals surface area contributed by atoms with Gasteiger partial charge in [-0.05, 0) is 49.7 Å². The fourth-order valence-corrected chi connectivity index (χ4v) is 5.47. The van der Waals surface area contributed by atoms with E-state index in [2.05, 4.69) is 4.74 Å². The fraction of sp³-hybridized carbons (Fsp3) is 0.364. The van der Waals surface area contributed by atoms with Crippen LogP contribution >= 0.6 is 11.6 Å². The largest absolute Gasteiger partial charge is 0.465 e. The summed E-state index contributed by atoms with van der Waals surface area (Å²) in [4.78, 5) is 23.9. The Kier molecular flexibility index (Phi) is 7.55. The number of halogens is 1. The molecule has 0 amide bonds. The second kappa shape index (κ2) is 9.99. The smallest absolute Gasteiger partial charge is 0.338 e. The SMILES string of the molecule is COC(=O)c1ccc(COC(=O)c2ccc(Cl)c(S(=O)(=O)N3CC(C)OC(C)C3)c2)cc1. The number of esters is 2. The molecule has 1 heterocycles. The molecule has 32 heavy (non-hydrogen) atoms. The van der Waals surface area contributed by atoms with Crippen LogP contribution in [0.5, 0.6) is 0 Å². The lowest BCUT2D eigenvalue weighted by molar-refractivity contribution is -0.0440. The third-order valence-electron chi connectivity index (χ3n) is 4.92. The van der Waals surface area contributed by atoms with Gasteiger partial charge in [0.25, 0.3) is 0 Å². The van der Waals surface area contributed by atoms with Crippen LogP contribution in [0, 0.1) is 0 Å². The molecule has 0 aromatic heterocycles. The van der Waals surface area contributed by atoms with Gasteiger partial charge in [-0.25, -0.2) is 18.0 Å². The minimum absolute atomic E-state index is 0.0201. The Morgan fingerprint density at radius 1 is 1.03 bits per heavy atom. The van der Waals surface area contributed by atoms with Crippen LogP contribution < -0.4 is 0 Å². The van der Waals surface area contributed by atoms with Crippen molar-refractivity contribution in [2.24, 2.45) is 0 Å². The van der Waals surface area contributed by atoms with Crippen LogP contribution in [-0.4, -0.2) is 57.1 Å². The summed E-state index contributed by atoms with van der Waals surface area (Å²) in [5.74, 6) is -1.16. The molecule has 172 valence electrons. The van der Waals surface area contributed by atoms with Gasteiger partial charge in [-0.15, -0.1) is 0 Å². The summed E-state index contributed by atoms with van der Waals surface area (Å²) < 4.78 is 43.2.